The van der Waals surface area contributed by atoms with Gasteiger partial charge in [-0.3, -0.25) is 14.5 Å². The van der Waals surface area contributed by atoms with Crippen molar-refractivity contribution in [2.45, 2.75) is 6.54 Å². The van der Waals surface area contributed by atoms with Gasteiger partial charge in [-0.1, -0.05) is 28.1 Å². The molecular weight excluding hydrogens is 397 g/mol. The van der Waals surface area contributed by atoms with Crippen molar-refractivity contribution in [3.05, 3.63) is 68.8 Å². The first-order valence-electron chi connectivity index (χ1n) is 6.92. The number of nitrogens with zero attached hydrogens (tertiary/aromatic N) is 1. The van der Waals surface area contributed by atoms with Gasteiger partial charge in [0, 0.05) is 10.0 Å². The van der Waals surface area contributed by atoms with Gasteiger partial charge in [0.2, 0.25) is 0 Å². The topological polar surface area (TPSA) is 57.6 Å². The summed E-state index contributed by atoms with van der Waals surface area (Å²) >= 11 is 4.11. The van der Waals surface area contributed by atoms with Gasteiger partial charge in [0.1, 0.15) is 11.6 Å². The average Bonchev–Trinajstić information content (AvgIpc) is 2.80. The van der Waals surface area contributed by atoms with Crippen LogP contribution in [0, 0.1) is 5.82 Å². The zero-order valence-corrected chi connectivity index (χ0v) is 14.6. The van der Waals surface area contributed by atoms with E-state index in [4.69, 9.17) is 0 Å². The number of carbonyl (C=O) groups excluding carboxylic acids is 2. The van der Waals surface area contributed by atoms with E-state index in [0.29, 0.717) is 11.1 Å². The highest BCUT2D eigenvalue weighted by Gasteiger charge is 2.35. The summed E-state index contributed by atoms with van der Waals surface area (Å²) in [7, 11) is 0. The van der Waals surface area contributed by atoms with Crippen LogP contribution in [0.3, 0.4) is 0 Å². The van der Waals surface area contributed by atoms with Crippen LogP contribution in [0.4, 0.5) is 9.18 Å². The molecule has 2 aromatic carbocycles. The highest BCUT2D eigenvalue weighted by molar-refractivity contribution is 9.10. The third-order valence-corrected chi connectivity index (χ3v) is 4.80. The van der Waals surface area contributed by atoms with E-state index in [0.717, 1.165) is 21.1 Å². The Morgan fingerprint density at radius 1 is 1.17 bits per heavy atom. The number of carbonyl (C=O) groups is 2. The number of rotatable bonds is 3. The smallest absolute Gasteiger partial charge is 0.293 e. The summed E-state index contributed by atoms with van der Waals surface area (Å²) in [6.45, 7) is 0.0761. The molecule has 24 heavy (non-hydrogen) atoms. The minimum atomic E-state index is -0.436. The third kappa shape index (κ3) is 3.52. The molecule has 0 spiro atoms. The van der Waals surface area contributed by atoms with Crippen molar-refractivity contribution in [2.24, 2.45) is 0 Å². The van der Waals surface area contributed by atoms with E-state index in [2.05, 4.69) is 15.9 Å². The quantitative estimate of drug-likeness (QED) is 0.759. The van der Waals surface area contributed by atoms with Gasteiger partial charge in [-0.25, -0.2) is 4.39 Å². The Morgan fingerprint density at radius 2 is 1.88 bits per heavy atom. The maximum Gasteiger partial charge on any atom is 0.293 e. The number of thioether (sulfide) groups is 1. The second-order valence-electron chi connectivity index (χ2n) is 5.10. The highest BCUT2D eigenvalue weighted by atomic mass is 79.9. The van der Waals surface area contributed by atoms with Gasteiger partial charge in [0.15, 0.2) is 0 Å². The molecule has 2 aromatic rings. The lowest BCUT2D eigenvalue weighted by Gasteiger charge is -2.12. The zero-order valence-electron chi connectivity index (χ0n) is 12.2. The van der Waals surface area contributed by atoms with Gasteiger partial charge < -0.3 is 5.11 Å². The third-order valence-electron chi connectivity index (χ3n) is 3.40. The molecule has 1 fully saturated rings. The Bertz CT molecular complexity index is 851. The van der Waals surface area contributed by atoms with Crippen LogP contribution in [0.5, 0.6) is 5.75 Å². The van der Waals surface area contributed by atoms with Gasteiger partial charge in [0.05, 0.1) is 11.4 Å². The second kappa shape index (κ2) is 6.78. The van der Waals surface area contributed by atoms with E-state index in [1.54, 1.807) is 12.1 Å². The molecule has 2 amide bonds. The van der Waals surface area contributed by atoms with Crippen LogP contribution in [-0.4, -0.2) is 21.2 Å². The molecule has 0 radical (unpaired) electrons. The molecule has 0 aromatic heterocycles. The highest BCUT2D eigenvalue weighted by Crippen LogP contribution is 2.35. The minimum Gasteiger partial charge on any atom is -0.507 e. The molecule has 0 atom stereocenters. The minimum absolute atomic E-state index is 0.0172. The number of benzene rings is 2. The largest absolute Gasteiger partial charge is 0.507 e. The zero-order chi connectivity index (χ0) is 17.3. The summed E-state index contributed by atoms with van der Waals surface area (Å²) in [4.78, 5) is 25.9. The molecule has 7 heteroatoms. The van der Waals surface area contributed by atoms with E-state index in [1.807, 2.05) is 0 Å². The van der Waals surface area contributed by atoms with Crippen LogP contribution in [0.1, 0.15) is 11.1 Å². The van der Waals surface area contributed by atoms with E-state index in [1.165, 1.54) is 36.4 Å². The standard InChI is InChI=1S/C17H11BrFNO3S/c18-12-3-6-14(21)11(7-12)8-15-16(22)20(17(23)24-15)9-10-1-4-13(19)5-2-10/h1-8,21H,9H2/b15-8-. The van der Waals surface area contributed by atoms with Crippen LogP contribution < -0.4 is 0 Å². The fourth-order valence-corrected chi connectivity index (χ4v) is 3.40. The molecule has 3 rings (SSSR count). The normalized spacial score (nSPS) is 16.2. The molecule has 1 saturated heterocycles. The molecule has 0 unspecified atom stereocenters. The predicted molar refractivity (Wildman–Crippen MR) is 93.7 cm³/mol. The first kappa shape index (κ1) is 16.7. The van der Waals surface area contributed by atoms with Crippen LogP contribution in [0.25, 0.3) is 6.08 Å². The molecule has 1 heterocycles. The van der Waals surface area contributed by atoms with Crippen LogP contribution in [-0.2, 0) is 11.3 Å². The number of halogens is 2. The number of hydrogen-bond donors (Lipinski definition) is 1. The Morgan fingerprint density at radius 3 is 2.58 bits per heavy atom. The van der Waals surface area contributed by atoms with Crippen molar-refractivity contribution in [3.8, 4) is 5.75 Å². The van der Waals surface area contributed by atoms with Gasteiger partial charge in [-0.2, -0.15) is 0 Å². The molecule has 0 aliphatic carbocycles. The average molecular weight is 408 g/mol. The number of phenolic OH excluding ortho intramolecular Hbond substituents is 1. The number of amides is 2. The summed E-state index contributed by atoms with van der Waals surface area (Å²) in [5.74, 6) is -0.796. The Balaban J connectivity index is 1.84. The van der Waals surface area contributed by atoms with Crippen LogP contribution >= 0.6 is 27.7 Å². The summed E-state index contributed by atoms with van der Waals surface area (Å²) in [5.41, 5.74) is 1.10. The molecule has 1 aliphatic heterocycles. The monoisotopic (exact) mass is 407 g/mol. The molecule has 122 valence electrons. The molecule has 1 aliphatic rings. The van der Waals surface area contributed by atoms with Gasteiger partial charge >= 0.3 is 0 Å². The number of hydrogen-bond acceptors (Lipinski definition) is 4. The number of imide groups is 1. The van der Waals surface area contributed by atoms with Crippen molar-refractivity contribution in [1.82, 2.24) is 4.90 Å². The Hall–Kier alpha value is -2.12. The van der Waals surface area contributed by atoms with Crippen molar-refractivity contribution in [2.75, 3.05) is 0 Å². The van der Waals surface area contributed by atoms with Gasteiger partial charge in [0.25, 0.3) is 11.1 Å². The lowest BCUT2D eigenvalue weighted by molar-refractivity contribution is -0.123. The molecular formula is C17H11BrFNO3S. The van der Waals surface area contributed by atoms with Crippen LogP contribution in [0.15, 0.2) is 51.8 Å². The van der Waals surface area contributed by atoms with Crippen LogP contribution in [0.2, 0.25) is 0 Å². The van der Waals surface area contributed by atoms with E-state index in [9.17, 15) is 19.1 Å². The fraction of sp³-hybridized carbons (Fsp3) is 0.0588. The lowest BCUT2D eigenvalue weighted by Crippen LogP contribution is -2.27. The fourth-order valence-electron chi connectivity index (χ4n) is 2.19. The lowest BCUT2D eigenvalue weighted by atomic mass is 10.2. The number of aromatic hydroxyl groups is 1. The van der Waals surface area contributed by atoms with Crippen molar-refractivity contribution < 1.29 is 19.1 Å². The Kier molecular flexibility index (Phi) is 4.73. The first-order chi connectivity index (χ1) is 11.4. The summed E-state index contributed by atoms with van der Waals surface area (Å²) in [6, 6.07) is 10.5. The Labute approximate surface area is 150 Å². The molecule has 1 N–H and O–H groups in total. The predicted octanol–water partition coefficient (Wildman–Crippen LogP) is 4.53. The van der Waals surface area contributed by atoms with Crippen molar-refractivity contribution in [3.63, 3.8) is 0 Å². The summed E-state index contributed by atoms with van der Waals surface area (Å²) in [6.07, 6.45) is 1.48. The molecule has 0 saturated carbocycles. The molecule has 0 bridgehead atoms. The van der Waals surface area contributed by atoms with E-state index >= 15 is 0 Å². The van der Waals surface area contributed by atoms with E-state index in [-0.39, 0.29) is 23.0 Å². The second-order valence-corrected chi connectivity index (χ2v) is 7.01. The van der Waals surface area contributed by atoms with Crippen molar-refractivity contribution in [1.29, 1.82) is 0 Å². The van der Waals surface area contributed by atoms with Crippen molar-refractivity contribution >= 4 is 44.9 Å². The maximum atomic E-state index is 12.9. The van der Waals surface area contributed by atoms with E-state index < -0.39 is 11.1 Å². The summed E-state index contributed by atoms with van der Waals surface area (Å²) < 4.78 is 13.7. The van der Waals surface area contributed by atoms with Gasteiger partial charge in [-0.15, -0.1) is 0 Å². The van der Waals surface area contributed by atoms with Gasteiger partial charge in [-0.05, 0) is 53.7 Å². The maximum absolute atomic E-state index is 12.9. The number of phenols is 1. The summed E-state index contributed by atoms with van der Waals surface area (Å²) in [5, 5.41) is 9.46. The molecule has 4 nitrogen and oxygen atoms in total. The first-order valence-corrected chi connectivity index (χ1v) is 8.53. The SMILES string of the molecule is O=C1S/C(=C\c2cc(Br)ccc2O)C(=O)N1Cc1ccc(F)cc1.